The highest BCUT2D eigenvalue weighted by Crippen LogP contribution is 2.35. The van der Waals surface area contributed by atoms with E-state index in [1.165, 1.54) is 7.11 Å². The summed E-state index contributed by atoms with van der Waals surface area (Å²) in [6.07, 6.45) is 0.831. The average Bonchev–Trinajstić information content (AvgIpc) is 2.52. The molecule has 1 aromatic carbocycles. The second-order valence-electron chi connectivity index (χ2n) is 4.80. The maximum Gasteiger partial charge on any atom is 0.305 e. The zero-order chi connectivity index (χ0) is 17.1. The molecule has 1 heterocycles. The summed E-state index contributed by atoms with van der Waals surface area (Å²) < 4.78 is 19.0. The molecule has 1 aromatic heterocycles. The second kappa shape index (κ2) is 7.59. The molecule has 0 aliphatic carbocycles. The number of methoxy groups -OCH3 is 1. The summed E-state index contributed by atoms with van der Waals surface area (Å²) in [6, 6.07) is 1.58. The van der Waals surface area contributed by atoms with Crippen molar-refractivity contribution in [3.63, 3.8) is 0 Å². The summed E-state index contributed by atoms with van der Waals surface area (Å²) in [5.74, 6) is -0.443. The van der Waals surface area contributed by atoms with E-state index in [4.69, 9.17) is 23.2 Å². The zero-order valence-corrected chi connectivity index (χ0v) is 15.5. The molecule has 0 saturated carbocycles. The smallest absolute Gasteiger partial charge is 0.305 e. The van der Waals surface area contributed by atoms with Crippen LogP contribution in [0.25, 0.3) is 10.9 Å². The van der Waals surface area contributed by atoms with E-state index in [0.29, 0.717) is 24.2 Å². The first-order valence-electron chi connectivity index (χ1n) is 6.63. The third-order valence-electron chi connectivity index (χ3n) is 3.24. The van der Waals surface area contributed by atoms with Crippen molar-refractivity contribution in [1.82, 2.24) is 9.97 Å². The van der Waals surface area contributed by atoms with Crippen LogP contribution in [0, 0.1) is 5.82 Å². The van der Waals surface area contributed by atoms with Crippen molar-refractivity contribution in [3.05, 3.63) is 26.7 Å². The SMILES string of the molecule is COC(=O)CCCN(C)c1nc(Cl)nc2c(F)c(Br)c(Cl)cc12. The molecule has 0 spiro atoms. The van der Waals surface area contributed by atoms with Gasteiger partial charge in [0.05, 0.1) is 16.6 Å². The Labute approximate surface area is 150 Å². The van der Waals surface area contributed by atoms with Crippen LogP contribution < -0.4 is 4.90 Å². The summed E-state index contributed by atoms with van der Waals surface area (Å²) >= 11 is 15.0. The lowest BCUT2D eigenvalue weighted by molar-refractivity contribution is -0.140. The van der Waals surface area contributed by atoms with E-state index in [1.54, 1.807) is 18.0 Å². The van der Waals surface area contributed by atoms with Crippen molar-refractivity contribution < 1.29 is 13.9 Å². The van der Waals surface area contributed by atoms with Crippen LogP contribution in [-0.2, 0) is 9.53 Å². The number of aromatic nitrogens is 2. The molecule has 2 aromatic rings. The molecule has 23 heavy (non-hydrogen) atoms. The second-order valence-corrected chi connectivity index (χ2v) is 6.34. The lowest BCUT2D eigenvalue weighted by Gasteiger charge is -2.20. The normalized spacial score (nSPS) is 10.9. The highest BCUT2D eigenvalue weighted by atomic mass is 79.9. The number of carbonyl (C=O) groups excluding carboxylic acids is 1. The fraction of sp³-hybridized carbons (Fsp3) is 0.357. The number of rotatable bonds is 5. The van der Waals surface area contributed by atoms with Crippen molar-refractivity contribution in [1.29, 1.82) is 0 Å². The molecule has 0 radical (unpaired) electrons. The van der Waals surface area contributed by atoms with Crippen LogP contribution in [0.5, 0.6) is 0 Å². The van der Waals surface area contributed by atoms with Crippen LogP contribution in [0.4, 0.5) is 10.2 Å². The highest BCUT2D eigenvalue weighted by Gasteiger charge is 2.18. The van der Waals surface area contributed by atoms with Crippen LogP contribution in [0.15, 0.2) is 10.5 Å². The Hall–Kier alpha value is -1.18. The minimum atomic E-state index is -0.596. The first kappa shape index (κ1) is 18.2. The van der Waals surface area contributed by atoms with Gasteiger partial charge in [-0.25, -0.2) is 9.37 Å². The molecule has 0 unspecified atom stereocenters. The summed E-state index contributed by atoms with van der Waals surface area (Å²) in [5, 5.41) is 0.589. The van der Waals surface area contributed by atoms with Gasteiger partial charge in [-0.2, -0.15) is 4.98 Å². The van der Waals surface area contributed by atoms with Crippen LogP contribution in [-0.4, -0.2) is 36.6 Å². The molecule has 0 fully saturated rings. The summed E-state index contributed by atoms with van der Waals surface area (Å²) in [6.45, 7) is 0.507. The third kappa shape index (κ3) is 4.02. The molecular formula is C14H13BrCl2FN3O2. The van der Waals surface area contributed by atoms with Gasteiger partial charge in [-0.15, -0.1) is 0 Å². The minimum absolute atomic E-state index is 0.0690. The number of fused-ring (bicyclic) bond motifs is 1. The fourth-order valence-electron chi connectivity index (χ4n) is 2.09. The molecule has 0 aliphatic rings. The van der Waals surface area contributed by atoms with Gasteiger partial charge in [0, 0.05) is 25.4 Å². The molecule has 0 amide bonds. The first-order chi connectivity index (χ1) is 10.8. The highest BCUT2D eigenvalue weighted by molar-refractivity contribution is 9.10. The van der Waals surface area contributed by atoms with E-state index in [1.807, 2.05) is 0 Å². The van der Waals surface area contributed by atoms with Crippen molar-refractivity contribution in [2.45, 2.75) is 12.8 Å². The number of nitrogens with zero attached hydrogens (tertiary/aromatic N) is 3. The van der Waals surface area contributed by atoms with Crippen molar-refractivity contribution in [2.75, 3.05) is 25.6 Å². The number of anilines is 1. The quantitative estimate of drug-likeness (QED) is 0.408. The lowest BCUT2D eigenvalue weighted by atomic mass is 10.2. The van der Waals surface area contributed by atoms with Gasteiger partial charge in [0.1, 0.15) is 11.3 Å². The number of esters is 1. The first-order valence-corrected chi connectivity index (χ1v) is 8.18. The van der Waals surface area contributed by atoms with E-state index < -0.39 is 5.82 Å². The van der Waals surface area contributed by atoms with Gasteiger partial charge in [0.15, 0.2) is 5.82 Å². The number of ether oxygens (including phenoxy) is 1. The Kier molecular flexibility index (Phi) is 6.00. The van der Waals surface area contributed by atoms with Gasteiger partial charge in [-0.3, -0.25) is 4.79 Å². The number of halogens is 4. The Balaban J connectivity index is 2.38. The minimum Gasteiger partial charge on any atom is -0.469 e. The van der Waals surface area contributed by atoms with Crippen LogP contribution in [0.1, 0.15) is 12.8 Å². The van der Waals surface area contributed by atoms with E-state index in [0.717, 1.165) is 0 Å². The van der Waals surface area contributed by atoms with Crippen molar-refractivity contribution >= 4 is 61.8 Å². The van der Waals surface area contributed by atoms with Crippen LogP contribution >= 0.6 is 39.1 Å². The number of carbonyl (C=O) groups is 1. The van der Waals surface area contributed by atoms with Crippen molar-refractivity contribution in [3.8, 4) is 0 Å². The zero-order valence-electron chi connectivity index (χ0n) is 12.4. The molecule has 0 bridgehead atoms. The maximum absolute atomic E-state index is 14.3. The average molecular weight is 425 g/mol. The molecular weight excluding hydrogens is 412 g/mol. The summed E-state index contributed by atoms with van der Waals surface area (Å²) in [4.78, 5) is 21.0. The fourth-order valence-corrected chi connectivity index (χ4v) is 2.75. The number of hydrogen-bond acceptors (Lipinski definition) is 5. The number of hydrogen-bond donors (Lipinski definition) is 0. The number of benzene rings is 1. The molecule has 2 rings (SSSR count). The third-order valence-corrected chi connectivity index (χ3v) is 4.71. The van der Waals surface area contributed by atoms with E-state index in [2.05, 4.69) is 30.6 Å². The largest absolute Gasteiger partial charge is 0.469 e. The van der Waals surface area contributed by atoms with Gasteiger partial charge in [-0.1, -0.05) is 11.6 Å². The maximum atomic E-state index is 14.3. The molecule has 0 aliphatic heterocycles. The molecule has 0 saturated heterocycles. The van der Waals surface area contributed by atoms with E-state index in [-0.39, 0.29) is 32.7 Å². The molecule has 0 N–H and O–H groups in total. The van der Waals surface area contributed by atoms with Gasteiger partial charge in [0.2, 0.25) is 5.28 Å². The predicted octanol–water partition coefficient (Wildman–Crippen LogP) is 4.23. The summed E-state index contributed by atoms with van der Waals surface area (Å²) in [7, 11) is 3.11. The van der Waals surface area contributed by atoms with E-state index in [9.17, 15) is 9.18 Å². The topological polar surface area (TPSA) is 55.3 Å². The Bertz CT molecular complexity index is 761. The molecule has 0 atom stereocenters. The van der Waals surface area contributed by atoms with Gasteiger partial charge in [0.25, 0.3) is 0 Å². The van der Waals surface area contributed by atoms with Crippen molar-refractivity contribution in [2.24, 2.45) is 0 Å². The molecule has 5 nitrogen and oxygen atoms in total. The predicted molar refractivity (Wildman–Crippen MR) is 91.7 cm³/mol. The van der Waals surface area contributed by atoms with Gasteiger partial charge >= 0.3 is 5.97 Å². The Morgan fingerprint density at radius 2 is 2.13 bits per heavy atom. The van der Waals surface area contributed by atoms with Gasteiger partial charge in [-0.05, 0) is 40.0 Å². The van der Waals surface area contributed by atoms with Crippen LogP contribution in [0.2, 0.25) is 10.3 Å². The molecule has 124 valence electrons. The monoisotopic (exact) mass is 423 g/mol. The van der Waals surface area contributed by atoms with Crippen LogP contribution in [0.3, 0.4) is 0 Å². The molecule has 9 heteroatoms. The lowest BCUT2D eigenvalue weighted by Crippen LogP contribution is -2.21. The Morgan fingerprint density at radius 3 is 2.78 bits per heavy atom. The van der Waals surface area contributed by atoms with Gasteiger partial charge < -0.3 is 9.64 Å². The Morgan fingerprint density at radius 1 is 1.43 bits per heavy atom. The van der Waals surface area contributed by atoms with E-state index >= 15 is 0 Å². The standard InChI is InChI=1S/C14H13BrCl2FN3O2/c1-21(5-3-4-9(22)23-2)13-7-6-8(16)10(15)11(18)12(7)19-14(17)20-13/h6H,3-5H2,1-2H3. The summed E-state index contributed by atoms with van der Waals surface area (Å²) in [5.41, 5.74) is 0.0797.